The summed E-state index contributed by atoms with van der Waals surface area (Å²) in [5.41, 5.74) is 1.12. The molecule has 1 unspecified atom stereocenters. The minimum Gasteiger partial charge on any atom is -0.349 e. The van der Waals surface area contributed by atoms with Crippen LogP contribution in [0.25, 0.3) is 0 Å². The second-order valence-corrected chi connectivity index (χ2v) is 8.88. The van der Waals surface area contributed by atoms with Gasteiger partial charge in [-0.2, -0.15) is 0 Å². The lowest BCUT2D eigenvalue weighted by Crippen LogP contribution is -2.57. The summed E-state index contributed by atoms with van der Waals surface area (Å²) in [7, 11) is 0. The van der Waals surface area contributed by atoms with Gasteiger partial charge < -0.3 is 10.6 Å². The van der Waals surface area contributed by atoms with E-state index in [2.05, 4.69) is 33.2 Å². The molecule has 2 N–H and O–H groups in total. The van der Waals surface area contributed by atoms with Crippen LogP contribution >= 0.6 is 33.9 Å². The molecule has 0 aromatic carbocycles. The van der Waals surface area contributed by atoms with Crippen LogP contribution in [-0.4, -0.2) is 24.0 Å². The molecule has 1 amide bonds. The highest BCUT2D eigenvalue weighted by atomic mass is 127. The van der Waals surface area contributed by atoms with Gasteiger partial charge in [0.05, 0.1) is 8.45 Å². The number of thiophene rings is 1. The van der Waals surface area contributed by atoms with Gasteiger partial charge in [-0.1, -0.05) is 19.3 Å². The van der Waals surface area contributed by atoms with Crippen LogP contribution in [0.2, 0.25) is 0 Å². The molecule has 110 valence electrons. The molecule has 0 radical (unpaired) electrons. The molecule has 3 rings (SSSR count). The van der Waals surface area contributed by atoms with Gasteiger partial charge in [0.2, 0.25) is 0 Å². The molecule has 5 heteroatoms. The van der Waals surface area contributed by atoms with E-state index in [-0.39, 0.29) is 5.91 Å². The van der Waals surface area contributed by atoms with Gasteiger partial charge in [0.25, 0.3) is 5.91 Å². The highest BCUT2D eigenvalue weighted by Crippen LogP contribution is 2.34. The molecule has 1 saturated carbocycles. The lowest BCUT2D eigenvalue weighted by molar-refractivity contribution is 0.0893. The normalized spacial score (nSPS) is 25.6. The van der Waals surface area contributed by atoms with Gasteiger partial charge in [-0.05, 0) is 60.9 Å². The van der Waals surface area contributed by atoms with Gasteiger partial charge in [0.1, 0.15) is 0 Å². The van der Waals surface area contributed by atoms with Crippen molar-refractivity contribution in [1.29, 1.82) is 0 Å². The van der Waals surface area contributed by atoms with Crippen LogP contribution < -0.4 is 10.6 Å². The van der Waals surface area contributed by atoms with E-state index in [1.165, 1.54) is 35.0 Å². The number of amides is 1. The van der Waals surface area contributed by atoms with Crippen molar-refractivity contribution in [2.45, 2.75) is 56.5 Å². The Labute approximate surface area is 138 Å². The third-order valence-corrected chi connectivity index (χ3v) is 6.39. The maximum absolute atomic E-state index is 12.3. The molecule has 2 heterocycles. The molecule has 1 aliphatic carbocycles. The third kappa shape index (κ3) is 3.36. The maximum Gasteiger partial charge on any atom is 0.252 e. The van der Waals surface area contributed by atoms with Crippen LogP contribution in [0.15, 0.2) is 11.4 Å². The Bertz CT molecular complexity index is 476. The van der Waals surface area contributed by atoms with Gasteiger partial charge in [0, 0.05) is 17.0 Å². The molecule has 2 fully saturated rings. The smallest absolute Gasteiger partial charge is 0.252 e. The van der Waals surface area contributed by atoms with Gasteiger partial charge in [-0.3, -0.25) is 4.79 Å². The summed E-state index contributed by atoms with van der Waals surface area (Å²) in [6.45, 7) is 1.03. The summed E-state index contributed by atoms with van der Waals surface area (Å²) < 4.78 is 1.17. The summed E-state index contributed by atoms with van der Waals surface area (Å²) >= 11 is 3.89. The zero-order valence-corrected chi connectivity index (χ0v) is 14.6. The topological polar surface area (TPSA) is 41.1 Å². The zero-order valence-electron chi connectivity index (χ0n) is 11.6. The van der Waals surface area contributed by atoms with E-state index in [9.17, 15) is 4.79 Å². The first-order valence-corrected chi connectivity index (χ1v) is 9.43. The highest BCUT2D eigenvalue weighted by molar-refractivity contribution is 14.1. The van der Waals surface area contributed by atoms with Gasteiger partial charge in [0.15, 0.2) is 0 Å². The number of rotatable bonds is 2. The minimum absolute atomic E-state index is 0.0991. The minimum atomic E-state index is 0.0991. The van der Waals surface area contributed by atoms with Crippen LogP contribution in [0.5, 0.6) is 0 Å². The average Bonchev–Trinajstić information content (AvgIpc) is 2.86. The van der Waals surface area contributed by atoms with E-state index in [1.807, 2.05) is 11.4 Å². The lowest BCUT2D eigenvalue weighted by atomic mass is 9.75. The lowest BCUT2D eigenvalue weighted by Gasteiger charge is -2.44. The standard InChI is InChI=1S/C15H21IN2OS/c16-13-8-11(10-20-13)14(19)18-12-4-7-17-15(9-12)5-2-1-3-6-15/h8,10,12,17H,1-7,9H2,(H,18,19). The number of nitrogens with one attached hydrogen (secondary N) is 2. The Kier molecular flexibility index (Phi) is 4.67. The Hall–Kier alpha value is -0.140. The van der Waals surface area contributed by atoms with Gasteiger partial charge >= 0.3 is 0 Å². The van der Waals surface area contributed by atoms with E-state index >= 15 is 0 Å². The first-order valence-electron chi connectivity index (χ1n) is 7.47. The average molecular weight is 404 g/mol. The van der Waals surface area contributed by atoms with Crippen molar-refractivity contribution in [3.63, 3.8) is 0 Å². The predicted molar refractivity (Wildman–Crippen MR) is 91.3 cm³/mol. The van der Waals surface area contributed by atoms with Gasteiger partial charge in [-0.15, -0.1) is 11.3 Å². The van der Waals surface area contributed by atoms with E-state index < -0.39 is 0 Å². The summed E-state index contributed by atoms with van der Waals surface area (Å²) in [4.78, 5) is 12.3. The van der Waals surface area contributed by atoms with E-state index in [4.69, 9.17) is 0 Å². The number of hydrogen-bond donors (Lipinski definition) is 2. The molecule has 2 aliphatic rings. The largest absolute Gasteiger partial charge is 0.349 e. The molecule has 1 aromatic heterocycles. The van der Waals surface area contributed by atoms with Crippen LogP contribution in [0.3, 0.4) is 0 Å². The number of piperidine rings is 1. The molecule has 0 bridgehead atoms. The Balaban J connectivity index is 1.61. The maximum atomic E-state index is 12.3. The van der Waals surface area contributed by atoms with Crippen molar-refractivity contribution in [3.8, 4) is 0 Å². The summed E-state index contributed by atoms with van der Waals surface area (Å²) in [5, 5.41) is 8.93. The van der Waals surface area contributed by atoms with E-state index in [0.29, 0.717) is 11.6 Å². The fourth-order valence-corrected chi connectivity index (χ4v) is 4.91. The second kappa shape index (κ2) is 6.32. The molecule has 1 saturated heterocycles. The highest BCUT2D eigenvalue weighted by Gasteiger charge is 2.37. The Morgan fingerprint density at radius 1 is 1.40 bits per heavy atom. The summed E-state index contributed by atoms with van der Waals surface area (Å²) in [5.74, 6) is 0.0991. The molecular formula is C15H21IN2OS. The molecule has 3 nitrogen and oxygen atoms in total. The SMILES string of the molecule is O=C(NC1CCNC2(CCCCC2)C1)c1csc(I)c1. The molecule has 1 aliphatic heterocycles. The van der Waals surface area contributed by atoms with Crippen LogP contribution in [0.1, 0.15) is 55.3 Å². The molecule has 1 spiro atoms. The summed E-state index contributed by atoms with van der Waals surface area (Å²) in [6.07, 6.45) is 8.72. The zero-order chi connectivity index (χ0) is 14.0. The van der Waals surface area contributed by atoms with Crippen LogP contribution in [0, 0.1) is 2.88 Å². The number of hydrogen-bond acceptors (Lipinski definition) is 3. The fourth-order valence-electron chi connectivity index (χ4n) is 3.59. The van der Waals surface area contributed by atoms with Gasteiger partial charge in [-0.25, -0.2) is 0 Å². The molecule has 1 atom stereocenters. The molecule has 1 aromatic rings. The second-order valence-electron chi connectivity index (χ2n) is 6.07. The van der Waals surface area contributed by atoms with Crippen LogP contribution in [0.4, 0.5) is 0 Å². The Morgan fingerprint density at radius 3 is 2.90 bits per heavy atom. The first-order chi connectivity index (χ1) is 9.67. The number of carbonyl (C=O) groups is 1. The monoisotopic (exact) mass is 404 g/mol. The number of carbonyl (C=O) groups excluding carboxylic acids is 1. The van der Waals surface area contributed by atoms with Crippen LogP contribution in [-0.2, 0) is 0 Å². The van der Waals surface area contributed by atoms with Crippen molar-refractivity contribution in [2.75, 3.05) is 6.54 Å². The van der Waals surface area contributed by atoms with Crippen molar-refractivity contribution in [3.05, 3.63) is 19.9 Å². The molecule has 20 heavy (non-hydrogen) atoms. The van der Waals surface area contributed by atoms with Crippen molar-refractivity contribution in [2.24, 2.45) is 0 Å². The van der Waals surface area contributed by atoms with Crippen molar-refractivity contribution >= 4 is 39.8 Å². The quantitative estimate of drug-likeness (QED) is 0.741. The molecular weight excluding hydrogens is 383 g/mol. The predicted octanol–water partition coefficient (Wildman–Crippen LogP) is 3.54. The Morgan fingerprint density at radius 2 is 2.20 bits per heavy atom. The van der Waals surface area contributed by atoms with Crippen molar-refractivity contribution < 1.29 is 4.79 Å². The van der Waals surface area contributed by atoms with E-state index in [0.717, 1.165) is 24.9 Å². The van der Waals surface area contributed by atoms with E-state index in [1.54, 1.807) is 11.3 Å². The fraction of sp³-hybridized carbons (Fsp3) is 0.667. The number of halogens is 1. The van der Waals surface area contributed by atoms with Crippen molar-refractivity contribution in [1.82, 2.24) is 10.6 Å². The summed E-state index contributed by atoms with van der Waals surface area (Å²) in [6, 6.07) is 2.30. The third-order valence-electron chi connectivity index (χ3n) is 4.61. The first kappa shape index (κ1) is 14.8.